The number of phenolic OH excluding ortho intramolecular Hbond substituents is 1. The van der Waals surface area contributed by atoms with E-state index in [1.165, 1.54) is 0 Å². The van der Waals surface area contributed by atoms with Gasteiger partial charge in [-0.2, -0.15) is 10.2 Å². The maximum Gasteiger partial charge on any atom is 0.289 e. The standard InChI is InChI=1S/C22H18N4O2/c1-14(15-8-10-19(27)11-9-15)23-26-22(28)21-13-20(24-25-21)18-7-6-16-4-2-3-5-17(16)12-18/h2-13,27H,1H3,(H,24,25)(H,26,28)/b23-14+. The van der Waals surface area contributed by atoms with E-state index in [2.05, 4.69) is 26.8 Å². The maximum absolute atomic E-state index is 12.4. The third-order valence-corrected chi connectivity index (χ3v) is 4.48. The quantitative estimate of drug-likeness (QED) is 0.373. The Kier molecular flexibility index (Phi) is 4.60. The predicted octanol–water partition coefficient (Wildman–Crippen LogP) is 4.09. The zero-order valence-electron chi connectivity index (χ0n) is 15.2. The molecule has 0 fully saturated rings. The first-order valence-electron chi connectivity index (χ1n) is 8.79. The number of aromatic nitrogens is 2. The lowest BCUT2D eigenvalue weighted by molar-refractivity contribution is 0.0950. The van der Waals surface area contributed by atoms with Crippen LogP contribution in [0.15, 0.2) is 77.9 Å². The fraction of sp³-hybridized carbons (Fsp3) is 0.0455. The van der Waals surface area contributed by atoms with E-state index in [-0.39, 0.29) is 11.7 Å². The number of rotatable bonds is 4. The van der Waals surface area contributed by atoms with Crippen molar-refractivity contribution in [2.45, 2.75) is 6.92 Å². The topological polar surface area (TPSA) is 90.4 Å². The minimum Gasteiger partial charge on any atom is -0.508 e. The third-order valence-electron chi connectivity index (χ3n) is 4.48. The summed E-state index contributed by atoms with van der Waals surface area (Å²) in [6, 6.07) is 22.4. The smallest absolute Gasteiger partial charge is 0.289 e. The van der Waals surface area contributed by atoms with Gasteiger partial charge in [0.15, 0.2) is 0 Å². The molecule has 0 bridgehead atoms. The van der Waals surface area contributed by atoms with Gasteiger partial charge in [-0.15, -0.1) is 0 Å². The van der Waals surface area contributed by atoms with E-state index in [0.29, 0.717) is 17.1 Å². The van der Waals surface area contributed by atoms with Gasteiger partial charge < -0.3 is 5.11 Å². The van der Waals surface area contributed by atoms with Crippen LogP contribution >= 0.6 is 0 Å². The largest absolute Gasteiger partial charge is 0.508 e. The Morgan fingerprint density at radius 1 is 1.00 bits per heavy atom. The molecule has 0 saturated carbocycles. The highest BCUT2D eigenvalue weighted by molar-refractivity contribution is 6.00. The second-order valence-corrected chi connectivity index (χ2v) is 6.41. The number of fused-ring (bicyclic) bond motifs is 1. The number of hydrogen-bond acceptors (Lipinski definition) is 4. The number of aromatic hydroxyl groups is 1. The van der Waals surface area contributed by atoms with Crippen molar-refractivity contribution in [3.8, 4) is 17.0 Å². The van der Waals surface area contributed by atoms with Crippen molar-refractivity contribution in [1.82, 2.24) is 15.6 Å². The van der Waals surface area contributed by atoms with Gasteiger partial charge in [0, 0.05) is 5.56 Å². The number of nitrogens with zero attached hydrogens (tertiary/aromatic N) is 2. The summed E-state index contributed by atoms with van der Waals surface area (Å²) < 4.78 is 0. The van der Waals surface area contributed by atoms with Crippen LogP contribution in [-0.4, -0.2) is 26.9 Å². The molecule has 0 saturated heterocycles. The summed E-state index contributed by atoms with van der Waals surface area (Å²) in [5, 5.41) is 22.7. The van der Waals surface area contributed by atoms with E-state index in [0.717, 1.165) is 21.9 Å². The SMILES string of the molecule is C/C(=N\NC(=O)c1cc(-c2ccc3ccccc3c2)n[nH]1)c1ccc(O)cc1. The number of carbonyl (C=O) groups excluding carboxylic acids is 1. The molecule has 0 aliphatic carbocycles. The molecular formula is C22H18N4O2. The van der Waals surface area contributed by atoms with Gasteiger partial charge in [0.1, 0.15) is 11.4 Å². The highest BCUT2D eigenvalue weighted by Gasteiger charge is 2.11. The van der Waals surface area contributed by atoms with Crippen molar-refractivity contribution in [1.29, 1.82) is 0 Å². The van der Waals surface area contributed by atoms with E-state index in [9.17, 15) is 9.90 Å². The van der Waals surface area contributed by atoms with E-state index in [4.69, 9.17) is 0 Å². The lowest BCUT2D eigenvalue weighted by atomic mass is 10.1. The van der Waals surface area contributed by atoms with Crippen molar-refractivity contribution >= 4 is 22.4 Å². The zero-order valence-corrected chi connectivity index (χ0v) is 15.2. The minimum atomic E-state index is -0.377. The fourth-order valence-corrected chi connectivity index (χ4v) is 2.90. The van der Waals surface area contributed by atoms with Crippen LogP contribution in [0.25, 0.3) is 22.0 Å². The Morgan fingerprint density at radius 3 is 2.54 bits per heavy atom. The molecule has 28 heavy (non-hydrogen) atoms. The maximum atomic E-state index is 12.4. The van der Waals surface area contributed by atoms with E-state index >= 15 is 0 Å². The van der Waals surface area contributed by atoms with Crippen LogP contribution in [-0.2, 0) is 0 Å². The summed E-state index contributed by atoms with van der Waals surface area (Å²) >= 11 is 0. The van der Waals surface area contributed by atoms with Crippen molar-refractivity contribution in [3.05, 3.63) is 84.1 Å². The Labute approximate surface area is 161 Å². The van der Waals surface area contributed by atoms with Crippen molar-refractivity contribution < 1.29 is 9.90 Å². The molecule has 3 aromatic carbocycles. The molecule has 4 rings (SSSR count). The Morgan fingerprint density at radius 2 is 1.75 bits per heavy atom. The van der Waals surface area contributed by atoms with Crippen LogP contribution in [0.3, 0.4) is 0 Å². The number of amides is 1. The number of H-pyrrole nitrogens is 1. The highest BCUT2D eigenvalue weighted by atomic mass is 16.3. The van der Waals surface area contributed by atoms with Crippen LogP contribution in [0.1, 0.15) is 23.0 Å². The monoisotopic (exact) mass is 370 g/mol. The summed E-state index contributed by atoms with van der Waals surface area (Å²) in [5.41, 5.74) is 5.90. The molecule has 4 aromatic rings. The Bertz CT molecular complexity index is 1180. The first-order valence-corrected chi connectivity index (χ1v) is 8.79. The predicted molar refractivity (Wildman–Crippen MR) is 109 cm³/mol. The molecule has 0 radical (unpaired) electrons. The number of carbonyl (C=O) groups is 1. The van der Waals surface area contributed by atoms with E-state index < -0.39 is 0 Å². The summed E-state index contributed by atoms with van der Waals surface area (Å²) in [6.07, 6.45) is 0. The van der Waals surface area contributed by atoms with Gasteiger partial charge in [0.05, 0.1) is 11.4 Å². The van der Waals surface area contributed by atoms with Crippen LogP contribution in [0.5, 0.6) is 5.75 Å². The normalized spacial score (nSPS) is 11.5. The Balaban J connectivity index is 1.50. The molecule has 3 N–H and O–H groups in total. The molecule has 6 nitrogen and oxygen atoms in total. The number of benzene rings is 3. The molecule has 1 heterocycles. The number of phenols is 1. The lowest BCUT2D eigenvalue weighted by Crippen LogP contribution is -2.19. The van der Waals surface area contributed by atoms with Gasteiger partial charge in [-0.3, -0.25) is 9.89 Å². The third kappa shape index (κ3) is 3.61. The first kappa shape index (κ1) is 17.5. The number of hydrogen-bond donors (Lipinski definition) is 3. The van der Waals surface area contributed by atoms with Crippen LogP contribution < -0.4 is 5.43 Å². The molecule has 0 aliphatic heterocycles. The molecule has 0 spiro atoms. The first-order chi connectivity index (χ1) is 13.6. The highest BCUT2D eigenvalue weighted by Crippen LogP contribution is 2.23. The molecule has 0 unspecified atom stereocenters. The molecule has 6 heteroatoms. The second-order valence-electron chi connectivity index (χ2n) is 6.41. The van der Waals surface area contributed by atoms with Gasteiger partial charge in [-0.05, 0) is 59.7 Å². The van der Waals surface area contributed by atoms with Crippen LogP contribution in [0.2, 0.25) is 0 Å². The van der Waals surface area contributed by atoms with E-state index in [1.807, 2.05) is 36.4 Å². The zero-order chi connectivity index (χ0) is 19.5. The second kappa shape index (κ2) is 7.36. The minimum absolute atomic E-state index is 0.180. The van der Waals surface area contributed by atoms with Gasteiger partial charge in [0.2, 0.25) is 0 Å². The molecule has 0 atom stereocenters. The molecule has 1 aromatic heterocycles. The summed E-state index contributed by atoms with van der Waals surface area (Å²) in [5.74, 6) is -0.197. The van der Waals surface area contributed by atoms with Crippen molar-refractivity contribution in [3.63, 3.8) is 0 Å². The van der Waals surface area contributed by atoms with Gasteiger partial charge in [-0.25, -0.2) is 5.43 Å². The Hall–Kier alpha value is -3.93. The molecule has 0 aliphatic rings. The van der Waals surface area contributed by atoms with Crippen LogP contribution in [0, 0.1) is 0 Å². The van der Waals surface area contributed by atoms with Crippen molar-refractivity contribution in [2.24, 2.45) is 5.10 Å². The van der Waals surface area contributed by atoms with Gasteiger partial charge in [0.25, 0.3) is 5.91 Å². The number of hydrazone groups is 1. The van der Waals surface area contributed by atoms with Crippen LogP contribution in [0.4, 0.5) is 0 Å². The fourth-order valence-electron chi connectivity index (χ4n) is 2.90. The molecular weight excluding hydrogens is 352 g/mol. The summed E-state index contributed by atoms with van der Waals surface area (Å²) in [6.45, 7) is 1.78. The van der Waals surface area contributed by atoms with Gasteiger partial charge >= 0.3 is 0 Å². The van der Waals surface area contributed by atoms with Crippen molar-refractivity contribution in [2.75, 3.05) is 0 Å². The lowest BCUT2D eigenvalue weighted by Gasteiger charge is -2.02. The van der Waals surface area contributed by atoms with E-state index in [1.54, 1.807) is 37.3 Å². The number of nitrogens with one attached hydrogen (secondary N) is 2. The average Bonchev–Trinajstić information content (AvgIpc) is 3.22. The molecule has 1 amide bonds. The summed E-state index contributed by atoms with van der Waals surface area (Å²) in [4.78, 5) is 12.4. The average molecular weight is 370 g/mol. The summed E-state index contributed by atoms with van der Waals surface area (Å²) in [7, 11) is 0. The van der Waals surface area contributed by atoms with Gasteiger partial charge in [-0.1, -0.05) is 36.4 Å². The number of aromatic amines is 1. The molecule has 138 valence electrons.